The van der Waals surface area contributed by atoms with Crippen molar-refractivity contribution in [1.29, 1.82) is 0 Å². The topological polar surface area (TPSA) is 91.6 Å². The summed E-state index contributed by atoms with van der Waals surface area (Å²) < 4.78 is 39.8. The van der Waals surface area contributed by atoms with E-state index in [1.54, 1.807) is 12.4 Å². The van der Waals surface area contributed by atoms with Gasteiger partial charge >= 0.3 is 0 Å². The largest absolute Gasteiger partial charge is 0.505 e. The fourth-order valence-electron chi connectivity index (χ4n) is 3.23. The first kappa shape index (κ1) is 18.9. The van der Waals surface area contributed by atoms with E-state index in [9.17, 15) is 17.9 Å². The van der Waals surface area contributed by atoms with Gasteiger partial charge in [0.2, 0.25) is 10.0 Å². The van der Waals surface area contributed by atoms with E-state index in [4.69, 9.17) is 11.6 Å². The third-order valence-corrected chi connectivity index (χ3v) is 6.29. The highest BCUT2D eigenvalue weighted by Gasteiger charge is 2.24. The molecule has 0 radical (unpaired) electrons. The Morgan fingerprint density at radius 3 is 2.50 bits per heavy atom. The Balaban J connectivity index is 1.62. The van der Waals surface area contributed by atoms with Crippen molar-refractivity contribution in [2.24, 2.45) is 0 Å². The molecule has 1 aliphatic heterocycles. The molecule has 0 amide bonds. The van der Waals surface area contributed by atoms with Gasteiger partial charge in [-0.15, -0.1) is 0 Å². The number of aromatic hydroxyl groups is 1. The molecule has 4 rings (SSSR count). The zero-order valence-corrected chi connectivity index (χ0v) is 16.5. The third kappa shape index (κ3) is 3.38. The van der Waals surface area contributed by atoms with Crippen molar-refractivity contribution in [3.63, 3.8) is 0 Å². The molecule has 0 bridgehead atoms. The van der Waals surface area contributed by atoms with Crippen LogP contribution in [0, 0.1) is 5.82 Å². The van der Waals surface area contributed by atoms with Crippen molar-refractivity contribution >= 4 is 38.3 Å². The smallest absolute Gasteiger partial charge is 0.211 e. The summed E-state index contributed by atoms with van der Waals surface area (Å²) in [6.07, 6.45) is 4.48. The summed E-state index contributed by atoms with van der Waals surface area (Å²) in [7, 11) is -3.19. The number of halogens is 2. The zero-order chi connectivity index (χ0) is 20.1. The fraction of sp³-hybridized carbons (Fsp3) is 0.294. The number of hydrogen-bond donors (Lipinski definition) is 1. The molecular formula is C17H17ClFN5O3S. The molecule has 0 saturated carbocycles. The number of aromatic nitrogens is 3. The minimum Gasteiger partial charge on any atom is -0.505 e. The minimum atomic E-state index is -3.19. The van der Waals surface area contributed by atoms with Crippen molar-refractivity contribution in [1.82, 2.24) is 19.1 Å². The number of anilines is 1. The molecule has 3 heterocycles. The number of pyridine rings is 1. The highest BCUT2D eigenvalue weighted by molar-refractivity contribution is 7.88. The number of benzene rings is 1. The van der Waals surface area contributed by atoms with E-state index in [-0.39, 0.29) is 5.02 Å². The molecule has 0 unspecified atom stereocenters. The fourth-order valence-corrected chi connectivity index (χ4v) is 4.26. The van der Waals surface area contributed by atoms with E-state index in [2.05, 4.69) is 10.1 Å². The van der Waals surface area contributed by atoms with E-state index in [0.29, 0.717) is 37.4 Å². The second-order valence-electron chi connectivity index (χ2n) is 6.57. The monoisotopic (exact) mass is 425 g/mol. The highest BCUT2D eigenvalue weighted by atomic mass is 35.5. The number of phenols is 1. The summed E-state index contributed by atoms with van der Waals surface area (Å²) in [5.41, 5.74) is 1.08. The first-order chi connectivity index (χ1) is 13.2. The summed E-state index contributed by atoms with van der Waals surface area (Å²) in [5, 5.41) is 14.6. The van der Waals surface area contributed by atoms with Gasteiger partial charge in [0.1, 0.15) is 5.82 Å². The van der Waals surface area contributed by atoms with Crippen LogP contribution >= 0.6 is 11.6 Å². The molecule has 0 aliphatic carbocycles. The lowest BCUT2D eigenvalue weighted by molar-refractivity contribution is 0.387. The van der Waals surface area contributed by atoms with Gasteiger partial charge in [0.15, 0.2) is 11.6 Å². The van der Waals surface area contributed by atoms with Crippen LogP contribution in [0.25, 0.3) is 16.6 Å². The summed E-state index contributed by atoms with van der Waals surface area (Å²) in [6, 6.07) is 4.48. The molecule has 148 valence electrons. The summed E-state index contributed by atoms with van der Waals surface area (Å²) in [6.45, 7) is 1.90. The van der Waals surface area contributed by atoms with Crippen LogP contribution < -0.4 is 4.90 Å². The van der Waals surface area contributed by atoms with Gasteiger partial charge in [-0.25, -0.2) is 22.5 Å². The predicted octanol–water partition coefficient (Wildman–Crippen LogP) is 2.00. The molecular weight excluding hydrogens is 409 g/mol. The van der Waals surface area contributed by atoms with Crippen LogP contribution in [0.2, 0.25) is 5.02 Å². The van der Waals surface area contributed by atoms with Crippen LogP contribution in [0.1, 0.15) is 0 Å². The van der Waals surface area contributed by atoms with Crippen LogP contribution in [0.15, 0.2) is 30.6 Å². The molecule has 8 nitrogen and oxygen atoms in total. The maximum Gasteiger partial charge on any atom is 0.211 e. The minimum absolute atomic E-state index is 0.202. The molecule has 2 aromatic heterocycles. The Bertz CT molecular complexity index is 1140. The van der Waals surface area contributed by atoms with E-state index in [1.165, 1.54) is 27.4 Å². The van der Waals surface area contributed by atoms with Crippen molar-refractivity contribution < 1.29 is 17.9 Å². The van der Waals surface area contributed by atoms with E-state index < -0.39 is 21.6 Å². The quantitative estimate of drug-likeness (QED) is 0.690. The van der Waals surface area contributed by atoms with Gasteiger partial charge < -0.3 is 10.0 Å². The first-order valence-corrected chi connectivity index (χ1v) is 10.7. The Hall–Kier alpha value is -2.43. The van der Waals surface area contributed by atoms with Gasteiger partial charge in [0.25, 0.3) is 0 Å². The predicted molar refractivity (Wildman–Crippen MR) is 104 cm³/mol. The third-order valence-electron chi connectivity index (χ3n) is 4.71. The van der Waals surface area contributed by atoms with Crippen LogP contribution in [0.5, 0.6) is 5.75 Å². The Labute approximate surface area is 165 Å². The Kier molecular flexibility index (Phi) is 4.64. The van der Waals surface area contributed by atoms with E-state index in [0.717, 1.165) is 11.2 Å². The molecule has 28 heavy (non-hydrogen) atoms. The van der Waals surface area contributed by atoms with Crippen LogP contribution in [0.4, 0.5) is 10.2 Å². The first-order valence-electron chi connectivity index (χ1n) is 8.46. The molecule has 1 saturated heterocycles. The molecule has 1 fully saturated rings. The summed E-state index contributed by atoms with van der Waals surface area (Å²) in [5.74, 6) is -0.713. The van der Waals surface area contributed by atoms with Gasteiger partial charge in [0, 0.05) is 37.6 Å². The van der Waals surface area contributed by atoms with E-state index in [1.807, 2.05) is 11.0 Å². The average Bonchev–Trinajstić information content (AvgIpc) is 3.08. The van der Waals surface area contributed by atoms with Gasteiger partial charge in [-0.05, 0) is 12.1 Å². The Morgan fingerprint density at radius 1 is 1.14 bits per heavy atom. The highest BCUT2D eigenvalue weighted by Crippen LogP contribution is 2.29. The van der Waals surface area contributed by atoms with Crippen molar-refractivity contribution in [2.45, 2.75) is 0 Å². The van der Waals surface area contributed by atoms with Crippen LogP contribution in [-0.2, 0) is 10.0 Å². The number of phenolic OH excluding ortho intramolecular Hbond substituents is 1. The molecule has 1 N–H and O–H groups in total. The molecule has 0 spiro atoms. The average molecular weight is 426 g/mol. The van der Waals surface area contributed by atoms with Gasteiger partial charge in [0.05, 0.1) is 34.9 Å². The number of sulfonamides is 1. The van der Waals surface area contributed by atoms with Crippen molar-refractivity contribution in [3.05, 3.63) is 41.4 Å². The van der Waals surface area contributed by atoms with Crippen LogP contribution in [0.3, 0.4) is 0 Å². The summed E-state index contributed by atoms with van der Waals surface area (Å²) >= 11 is 5.81. The van der Waals surface area contributed by atoms with Gasteiger partial charge in [-0.2, -0.15) is 9.40 Å². The lowest BCUT2D eigenvalue weighted by Crippen LogP contribution is -2.48. The number of piperazine rings is 1. The lowest BCUT2D eigenvalue weighted by Gasteiger charge is -2.33. The molecule has 1 aliphatic rings. The number of rotatable bonds is 3. The second kappa shape index (κ2) is 6.87. The SMILES string of the molecule is CS(=O)(=O)N1CCN(c2cc3cnn(-c4cc(O)c(F)c(Cl)c4)c3cn2)CC1. The lowest BCUT2D eigenvalue weighted by atomic mass is 10.2. The maximum atomic E-state index is 13.6. The van der Waals surface area contributed by atoms with Crippen molar-refractivity contribution in [2.75, 3.05) is 37.3 Å². The number of hydrogen-bond acceptors (Lipinski definition) is 6. The zero-order valence-electron chi connectivity index (χ0n) is 14.9. The Morgan fingerprint density at radius 2 is 1.86 bits per heavy atom. The van der Waals surface area contributed by atoms with Gasteiger partial charge in [-0.3, -0.25) is 0 Å². The standard InChI is InChI=1S/C17H17ClFN5O3S/c1-28(26,27)23-4-2-22(3-5-23)16-6-11-9-21-24(14(11)10-20-16)12-7-13(18)17(19)15(25)8-12/h6-10,25H,2-5H2,1H3. The number of fused-ring (bicyclic) bond motifs is 1. The molecule has 0 atom stereocenters. The molecule has 1 aromatic carbocycles. The number of nitrogens with zero attached hydrogens (tertiary/aromatic N) is 5. The van der Waals surface area contributed by atoms with E-state index >= 15 is 0 Å². The second-order valence-corrected chi connectivity index (χ2v) is 8.96. The molecule has 3 aromatic rings. The van der Waals surface area contributed by atoms with Crippen molar-refractivity contribution in [3.8, 4) is 11.4 Å². The molecule has 11 heteroatoms. The van der Waals surface area contributed by atoms with Gasteiger partial charge in [-0.1, -0.05) is 11.6 Å². The van der Waals surface area contributed by atoms with Crippen LogP contribution in [-0.4, -0.2) is 65.0 Å². The summed E-state index contributed by atoms with van der Waals surface area (Å²) in [4.78, 5) is 6.48. The normalized spacial score (nSPS) is 16.0. The maximum absolute atomic E-state index is 13.6.